The van der Waals surface area contributed by atoms with Crippen LogP contribution in [-0.4, -0.2) is 5.91 Å². The van der Waals surface area contributed by atoms with Crippen LogP contribution in [0.25, 0.3) is 11.1 Å². The molecule has 1 aliphatic rings. The molecule has 3 nitrogen and oxygen atoms in total. The standard InChI is InChI=1S/C23H16ClFN2O/c1-23(12-14-3-2-4-15(9-14)13-26)18-10-16(6-8-21(18)27-22(23)28)17-5-7-20(25)19(24)11-17/h2-11H,12H2,1H3,(H,27,28). The molecule has 1 N–H and O–H groups in total. The molecular weight excluding hydrogens is 375 g/mol. The molecule has 0 aliphatic carbocycles. The Balaban J connectivity index is 1.76. The Hall–Kier alpha value is -3.16. The topological polar surface area (TPSA) is 52.9 Å². The minimum absolute atomic E-state index is 0.0586. The molecule has 0 bridgehead atoms. The van der Waals surface area contributed by atoms with Gasteiger partial charge >= 0.3 is 0 Å². The molecule has 0 radical (unpaired) electrons. The van der Waals surface area contributed by atoms with Gasteiger partial charge < -0.3 is 5.32 Å². The van der Waals surface area contributed by atoms with Gasteiger partial charge in [-0.2, -0.15) is 5.26 Å². The number of amides is 1. The summed E-state index contributed by atoms with van der Waals surface area (Å²) < 4.78 is 13.5. The molecule has 1 amide bonds. The molecule has 1 aliphatic heterocycles. The molecule has 0 saturated carbocycles. The number of hydrogen-bond acceptors (Lipinski definition) is 2. The Morgan fingerprint density at radius 2 is 1.86 bits per heavy atom. The van der Waals surface area contributed by atoms with Gasteiger partial charge in [-0.25, -0.2) is 4.39 Å². The van der Waals surface area contributed by atoms with Gasteiger partial charge in [-0.05, 0) is 72.0 Å². The van der Waals surface area contributed by atoms with Crippen LogP contribution in [0.4, 0.5) is 10.1 Å². The lowest BCUT2D eigenvalue weighted by Gasteiger charge is -2.23. The molecule has 0 saturated heterocycles. The van der Waals surface area contributed by atoms with Crippen molar-refractivity contribution in [3.05, 3.63) is 88.2 Å². The molecular formula is C23H16ClFN2O. The minimum Gasteiger partial charge on any atom is -0.325 e. The smallest absolute Gasteiger partial charge is 0.235 e. The molecule has 28 heavy (non-hydrogen) atoms. The maximum absolute atomic E-state index is 13.5. The summed E-state index contributed by atoms with van der Waals surface area (Å²) in [4.78, 5) is 12.8. The Labute approximate surface area is 167 Å². The van der Waals surface area contributed by atoms with Crippen LogP contribution in [0, 0.1) is 17.1 Å². The number of benzene rings is 3. The van der Waals surface area contributed by atoms with Gasteiger partial charge in [-0.3, -0.25) is 4.79 Å². The Morgan fingerprint density at radius 3 is 2.61 bits per heavy atom. The van der Waals surface area contributed by atoms with Crippen LogP contribution in [0.2, 0.25) is 5.02 Å². The zero-order valence-corrected chi connectivity index (χ0v) is 15.8. The minimum atomic E-state index is -0.775. The van der Waals surface area contributed by atoms with Gasteiger partial charge in [0.05, 0.1) is 22.1 Å². The van der Waals surface area contributed by atoms with Gasteiger partial charge in [0.1, 0.15) is 5.82 Å². The normalized spacial score (nSPS) is 17.7. The van der Waals surface area contributed by atoms with E-state index in [2.05, 4.69) is 11.4 Å². The maximum atomic E-state index is 13.5. The van der Waals surface area contributed by atoms with Gasteiger partial charge in [0.15, 0.2) is 0 Å². The first kappa shape index (κ1) is 18.2. The van der Waals surface area contributed by atoms with Crippen LogP contribution in [0.15, 0.2) is 60.7 Å². The Kier molecular flexibility index (Phi) is 4.41. The zero-order valence-electron chi connectivity index (χ0n) is 15.1. The van der Waals surface area contributed by atoms with E-state index in [4.69, 9.17) is 16.9 Å². The average Bonchev–Trinajstić information content (AvgIpc) is 2.94. The highest BCUT2D eigenvalue weighted by atomic mass is 35.5. The van der Waals surface area contributed by atoms with Crippen molar-refractivity contribution in [1.82, 2.24) is 0 Å². The molecule has 1 unspecified atom stereocenters. The average molecular weight is 391 g/mol. The Morgan fingerprint density at radius 1 is 1.11 bits per heavy atom. The fourth-order valence-electron chi connectivity index (χ4n) is 3.68. The summed E-state index contributed by atoms with van der Waals surface area (Å²) >= 11 is 5.93. The van der Waals surface area contributed by atoms with Crippen molar-refractivity contribution in [3.8, 4) is 17.2 Å². The summed E-state index contributed by atoms with van der Waals surface area (Å²) in [6.45, 7) is 1.90. The second kappa shape index (κ2) is 6.78. The first-order valence-corrected chi connectivity index (χ1v) is 9.19. The second-order valence-corrected chi connectivity index (χ2v) is 7.57. The highest BCUT2D eigenvalue weighted by Crippen LogP contribution is 2.42. The van der Waals surface area contributed by atoms with E-state index in [0.29, 0.717) is 12.0 Å². The molecule has 138 valence electrons. The van der Waals surface area contributed by atoms with E-state index in [9.17, 15) is 9.18 Å². The van der Waals surface area contributed by atoms with Gasteiger partial charge in [-0.15, -0.1) is 0 Å². The van der Waals surface area contributed by atoms with E-state index in [1.54, 1.807) is 24.3 Å². The fourth-order valence-corrected chi connectivity index (χ4v) is 3.86. The summed E-state index contributed by atoms with van der Waals surface area (Å²) in [5.74, 6) is -0.551. The number of hydrogen-bond donors (Lipinski definition) is 1. The van der Waals surface area contributed by atoms with Crippen LogP contribution in [0.1, 0.15) is 23.6 Å². The molecule has 3 aromatic carbocycles. The van der Waals surface area contributed by atoms with E-state index in [1.807, 2.05) is 37.3 Å². The van der Waals surface area contributed by atoms with Crippen molar-refractivity contribution in [2.45, 2.75) is 18.8 Å². The van der Waals surface area contributed by atoms with Crippen LogP contribution in [0.5, 0.6) is 0 Å². The molecule has 3 aromatic rings. The van der Waals surface area contributed by atoms with Crippen molar-refractivity contribution in [3.63, 3.8) is 0 Å². The van der Waals surface area contributed by atoms with Gasteiger partial charge in [0, 0.05) is 5.69 Å². The van der Waals surface area contributed by atoms with Crippen LogP contribution in [-0.2, 0) is 16.6 Å². The predicted molar refractivity (Wildman–Crippen MR) is 108 cm³/mol. The first-order chi connectivity index (χ1) is 13.4. The van der Waals surface area contributed by atoms with Crippen LogP contribution >= 0.6 is 11.6 Å². The quantitative estimate of drug-likeness (QED) is 0.644. The zero-order chi connectivity index (χ0) is 19.9. The molecule has 1 heterocycles. The molecule has 0 spiro atoms. The third kappa shape index (κ3) is 3.04. The van der Waals surface area contributed by atoms with E-state index < -0.39 is 11.2 Å². The number of halogens is 2. The second-order valence-electron chi connectivity index (χ2n) is 7.16. The van der Waals surface area contributed by atoms with Gasteiger partial charge in [0.25, 0.3) is 0 Å². The summed E-state index contributed by atoms with van der Waals surface area (Å²) in [7, 11) is 0. The van der Waals surface area contributed by atoms with E-state index in [0.717, 1.165) is 27.9 Å². The monoisotopic (exact) mass is 390 g/mol. The van der Waals surface area contributed by atoms with E-state index in [1.165, 1.54) is 6.07 Å². The fraction of sp³-hybridized carbons (Fsp3) is 0.130. The number of nitrogens with zero attached hydrogens (tertiary/aromatic N) is 1. The molecule has 0 aromatic heterocycles. The molecule has 5 heteroatoms. The summed E-state index contributed by atoms with van der Waals surface area (Å²) in [6.07, 6.45) is 0.467. The number of rotatable bonds is 3. The third-order valence-electron chi connectivity index (χ3n) is 5.23. The number of fused-ring (bicyclic) bond motifs is 1. The Bertz CT molecular complexity index is 1150. The number of carbonyl (C=O) groups excluding carboxylic acids is 1. The largest absolute Gasteiger partial charge is 0.325 e. The van der Waals surface area contributed by atoms with Gasteiger partial charge in [-0.1, -0.05) is 35.9 Å². The van der Waals surface area contributed by atoms with E-state index >= 15 is 0 Å². The van der Waals surface area contributed by atoms with Crippen molar-refractivity contribution < 1.29 is 9.18 Å². The first-order valence-electron chi connectivity index (χ1n) is 8.81. The van der Waals surface area contributed by atoms with Crippen molar-refractivity contribution in [2.24, 2.45) is 0 Å². The summed E-state index contributed by atoms with van der Waals surface area (Å²) in [5, 5.41) is 12.1. The number of anilines is 1. The van der Waals surface area contributed by atoms with Crippen molar-refractivity contribution in [2.75, 3.05) is 5.32 Å². The SMILES string of the molecule is CC1(Cc2cccc(C#N)c2)C(=O)Nc2ccc(-c3ccc(F)c(Cl)c3)cc21. The molecule has 0 fully saturated rings. The third-order valence-corrected chi connectivity index (χ3v) is 5.52. The maximum Gasteiger partial charge on any atom is 0.235 e. The lowest BCUT2D eigenvalue weighted by molar-refractivity contribution is -0.120. The van der Waals surface area contributed by atoms with Crippen LogP contribution in [0.3, 0.4) is 0 Å². The van der Waals surface area contributed by atoms with Gasteiger partial charge in [0.2, 0.25) is 5.91 Å². The summed E-state index contributed by atoms with van der Waals surface area (Å²) in [6, 6.07) is 19.7. The lowest BCUT2D eigenvalue weighted by atomic mass is 9.77. The van der Waals surface area contributed by atoms with E-state index in [-0.39, 0.29) is 10.9 Å². The highest BCUT2D eigenvalue weighted by molar-refractivity contribution is 6.31. The number of nitriles is 1. The highest BCUT2D eigenvalue weighted by Gasteiger charge is 2.42. The summed E-state index contributed by atoms with van der Waals surface area (Å²) in [5.41, 5.74) is 3.98. The van der Waals surface area contributed by atoms with Crippen molar-refractivity contribution in [1.29, 1.82) is 5.26 Å². The lowest BCUT2D eigenvalue weighted by Crippen LogP contribution is -2.33. The predicted octanol–water partition coefficient (Wildman–Crippen LogP) is 5.47. The number of nitrogens with one attached hydrogen (secondary N) is 1. The molecule has 4 rings (SSSR count). The van der Waals surface area contributed by atoms with Crippen molar-refractivity contribution >= 4 is 23.2 Å². The van der Waals surface area contributed by atoms with Crippen LogP contribution < -0.4 is 5.32 Å². The number of carbonyl (C=O) groups is 1. The molecule has 1 atom stereocenters.